The fraction of sp³-hybridized carbons (Fsp3) is 0. The lowest BCUT2D eigenvalue weighted by Crippen LogP contribution is -1.97. The third kappa shape index (κ3) is 3.65. The maximum Gasteiger partial charge on any atom is 0.135 e. The standard InChI is InChI=1S/C44H27NO/c1-2-13-32(14-3-1)45-39-24-21-28-10-4-5-15-34(28)43(39)38-22-20-30(27-40(38)45)29-11-8-12-31(26-29)33-23-25-42-44-36(33)17-9-18-37(44)35-16-6-7-19-41(35)46-42/h1-27H. The molecule has 0 fully saturated rings. The van der Waals surface area contributed by atoms with Gasteiger partial charge in [0.1, 0.15) is 11.5 Å². The third-order valence-electron chi connectivity index (χ3n) is 9.58. The summed E-state index contributed by atoms with van der Waals surface area (Å²) in [5.74, 6) is 1.82. The van der Waals surface area contributed by atoms with Crippen LogP contribution in [0.2, 0.25) is 0 Å². The zero-order chi connectivity index (χ0) is 30.2. The topological polar surface area (TPSA) is 14.2 Å². The molecular formula is C44H27NO. The molecule has 0 bridgehead atoms. The molecule has 8 aromatic carbocycles. The Hall–Kier alpha value is -6.12. The van der Waals surface area contributed by atoms with Crippen LogP contribution in [0.5, 0.6) is 11.5 Å². The van der Waals surface area contributed by atoms with E-state index >= 15 is 0 Å². The minimum Gasteiger partial charge on any atom is -0.456 e. The number of hydrogen-bond acceptors (Lipinski definition) is 1. The number of para-hydroxylation sites is 2. The van der Waals surface area contributed by atoms with Gasteiger partial charge in [0.05, 0.1) is 11.0 Å². The fourth-order valence-electron chi connectivity index (χ4n) is 7.52. The molecule has 1 aliphatic rings. The van der Waals surface area contributed by atoms with Crippen LogP contribution in [0.3, 0.4) is 0 Å². The van der Waals surface area contributed by atoms with Crippen molar-refractivity contribution >= 4 is 43.4 Å². The maximum atomic E-state index is 6.37. The summed E-state index contributed by atoms with van der Waals surface area (Å²) in [5.41, 5.74) is 10.7. The summed E-state index contributed by atoms with van der Waals surface area (Å²) in [4.78, 5) is 0. The zero-order valence-corrected chi connectivity index (χ0v) is 24.9. The van der Waals surface area contributed by atoms with E-state index in [1.165, 1.54) is 71.2 Å². The van der Waals surface area contributed by atoms with Gasteiger partial charge >= 0.3 is 0 Å². The van der Waals surface area contributed by atoms with Crippen molar-refractivity contribution in [3.8, 4) is 50.6 Å². The molecule has 0 amide bonds. The van der Waals surface area contributed by atoms with Crippen LogP contribution in [0.4, 0.5) is 0 Å². The number of ether oxygens (including phenoxy) is 1. The molecule has 2 heterocycles. The largest absolute Gasteiger partial charge is 0.456 e. The zero-order valence-electron chi connectivity index (χ0n) is 24.9. The fourth-order valence-corrected chi connectivity index (χ4v) is 7.52. The van der Waals surface area contributed by atoms with Crippen LogP contribution in [0.15, 0.2) is 164 Å². The van der Waals surface area contributed by atoms with E-state index in [1.807, 2.05) is 12.1 Å². The Kier molecular flexibility index (Phi) is 5.31. The van der Waals surface area contributed by atoms with Gasteiger partial charge in [-0.05, 0) is 86.4 Å². The molecular weight excluding hydrogens is 558 g/mol. The van der Waals surface area contributed by atoms with E-state index in [0.717, 1.165) is 22.7 Å². The average molecular weight is 586 g/mol. The van der Waals surface area contributed by atoms with Crippen molar-refractivity contribution in [3.63, 3.8) is 0 Å². The van der Waals surface area contributed by atoms with Crippen molar-refractivity contribution in [2.45, 2.75) is 0 Å². The van der Waals surface area contributed by atoms with Gasteiger partial charge in [-0.15, -0.1) is 0 Å². The number of rotatable bonds is 3. The highest BCUT2D eigenvalue weighted by molar-refractivity contribution is 6.21. The smallest absolute Gasteiger partial charge is 0.135 e. The van der Waals surface area contributed by atoms with Gasteiger partial charge in [0.15, 0.2) is 0 Å². The Morgan fingerprint density at radius 3 is 2.09 bits per heavy atom. The normalized spacial score (nSPS) is 12.1. The monoisotopic (exact) mass is 585 g/mol. The van der Waals surface area contributed by atoms with Crippen LogP contribution in [0.25, 0.3) is 82.4 Å². The van der Waals surface area contributed by atoms with Crippen LogP contribution in [0.1, 0.15) is 0 Å². The molecule has 46 heavy (non-hydrogen) atoms. The van der Waals surface area contributed by atoms with E-state index in [0.29, 0.717) is 0 Å². The van der Waals surface area contributed by atoms with E-state index in [2.05, 4.69) is 156 Å². The molecule has 0 radical (unpaired) electrons. The molecule has 10 rings (SSSR count). The van der Waals surface area contributed by atoms with Crippen molar-refractivity contribution in [1.82, 2.24) is 4.57 Å². The number of hydrogen-bond donors (Lipinski definition) is 0. The Bertz CT molecular complexity index is 2660. The van der Waals surface area contributed by atoms with E-state index < -0.39 is 0 Å². The highest BCUT2D eigenvalue weighted by atomic mass is 16.5. The third-order valence-corrected chi connectivity index (χ3v) is 9.58. The Morgan fingerprint density at radius 1 is 0.370 bits per heavy atom. The first kappa shape index (κ1) is 25.2. The molecule has 214 valence electrons. The first-order valence-electron chi connectivity index (χ1n) is 15.8. The summed E-state index contributed by atoms with van der Waals surface area (Å²) in [7, 11) is 0. The molecule has 9 aromatic rings. The summed E-state index contributed by atoms with van der Waals surface area (Å²) in [6, 6.07) is 59.0. The summed E-state index contributed by atoms with van der Waals surface area (Å²) in [5, 5.41) is 7.47. The second-order valence-electron chi connectivity index (χ2n) is 12.1. The summed E-state index contributed by atoms with van der Waals surface area (Å²) < 4.78 is 8.78. The first-order valence-corrected chi connectivity index (χ1v) is 15.8. The predicted molar refractivity (Wildman–Crippen MR) is 192 cm³/mol. The Morgan fingerprint density at radius 2 is 1.13 bits per heavy atom. The minimum atomic E-state index is 0.911. The average Bonchev–Trinajstić information content (AvgIpc) is 3.46. The molecule has 0 spiro atoms. The lowest BCUT2D eigenvalue weighted by atomic mass is 9.90. The van der Waals surface area contributed by atoms with E-state index in [1.54, 1.807) is 0 Å². The van der Waals surface area contributed by atoms with Crippen molar-refractivity contribution in [1.29, 1.82) is 0 Å². The van der Waals surface area contributed by atoms with Gasteiger partial charge in [-0.1, -0.05) is 121 Å². The van der Waals surface area contributed by atoms with Crippen molar-refractivity contribution in [2.75, 3.05) is 0 Å². The van der Waals surface area contributed by atoms with Crippen LogP contribution >= 0.6 is 0 Å². The minimum absolute atomic E-state index is 0.911. The number of benzene rings is 8. The van der Waals surface area contributed by atoms with Gasteiger partial charge in [-0.3, -0.25) is 0 Å². The van der Waals surface area contributed by atoms with E-state index in [-0.39, 0.29) is 0 Å². The SMILES string of the molecule is c1ccc(-n2c3cc(-c4cccc(-c5ccc6c7c(cccc57)-c5ccccc5O6)c4)ccc3c3c4ccccc4ccc32)cc1. The quantitative estimate of drug-likeness (QED) is 0.201. The lowest BCUT2D eigenvalue weighted by molar-refractivity contribution is 0.487. The maximum absolute atomic E-state index is 6.37. The molecule has 1 aliphatic heterocycles. The molecule has 0 unspecified atom stereocenters. The predicted octanol–water partition coefficient (Wildman–Crippen LogP) is 12.2. The summed E-state index contributed by atoms with van der Waals surface area (Å²) in [6.45, 7) is 0. The molecule has 2 heteroatoms. The second-order valence-corrected chi connectivity index (χ2v) is 12.1. The number of aromatic nitrogens is 1. The molecule has 0 N–H and O–H groups in total. The summed E-state index contributed by atoms with van der Waals surface area (Å²) >= 11 is 0. The summed E-state index contributed by atoms with van der Waals surface area (Å²) in [6.07, 6.45) is 0. The second kappa shape index (κ2) is 9.69. The van der Waals surface area contributed by atoms with Gasteiger partial charge < -0.3 is 9.30 Å². The van der Waals surface area contributed by atoms with Crippen molar-refractivity contribution < 1.29 is 4.74 Å². The van der Waals surface area contributed by atoms with Crippen LogP contribution in [-0.2, 0) is 0 Å². The molecule has 0 aliphatic carbocycles. The highest BCUT2D eigenvalue weighted by Gasteiger charge is 2.21. The number of fused-ring (bicyclic) bond motifs is 7. The van der Waals surface area contributed by atoms with E-state index in [4.69, 9.17) is 4.74 Å². The Labute approximate surface area is 266 Å². The van der Waals surface area contributed by atoms with Gasteiger partial charge in [-0.2, -0.15) is 0 Å². The molecule has 0 saturated carbocycles. The molecule has 1 aromatic heterocycles. The lowest BCUT2D eigenvalue weighted by Gasteiger charge is -2.22. The van der Waals surface area contributed by atoms with Crippen LogP contribution in [0, 0.1) is 0 Å². The first-order chi connectivity index (χ1) is 22.8. The highest BCUT2D eigenvalue weighted by Crippen LogP contribution is 2.48. The van der Waals surface area contributed by atoms with Gasteiger partial charge in [0.2, 0.25) is 0 Å². The van der Waals surface area contributed by atoms with Gasteiger partial charge in [0, 0.05) is 27.4 Å². The van der Waals surface area contributed by atoms with Gasteiger partial charge in [0.25, 0.3) is 0 Å². The van der Waals surface area contributed by atoms with Crippen molar-refractivity contribution in [3.05, 3.63) is 164 Å². The van der Waals surface area contributed by atoms with Crippen molar-refractivity contribution in [2.24, 2.45) is 0 Å². The van der Waals surface area contributed by atoms with E-state index in [9.17, 15) is 0 Å². The van der Waals surface area contributed by atoms with Crippen LogP contribution in [-0.4, -0.2) is 4.57 Å². The van der Waals surface area contributed by atoms with Crippen LogP contribution < -0.4 is 4.74 Å². The Balaban J connectivity index is 1.17. The number of nitrogens with zero attached hydrogens (tertiary/aromatic N) is 1. The molecule has 2 nitrogen and oxygen atoms in total. The molecule has 0 saturated heterocycles. The van der Waals surface area contributed by atoms with Gasteiger partial charge in [-0.25, -0.2) is 0 Å². The molecule has 0 atom stereocenters.